The lowest BCUT2D eigenvalue weighted by Gasteiger charge is -2.18. The van der Waals surface area contributed by atoms with Crippen molar-refractivity contribution in [2.45, 2.75) is 26.2 Å². The summed E-state index contributed by atoms with van der Waals surface area (Å²) in [6.45, 7) is 8.54. The summed E-state index contributed by atoms with van der Waals surface area (Å²) in [6, 6.07) is 0. The van der Waals surface area contributed by atoms with Crippen LogP contribution in [0, 0.1) is 0 Å². The highest BCUT2D eigenvalue weighted by Gasteiger charge is 2.13. The summed E-state index contributed by atoms with van der Waals surface area (Å²) in [6.07, 6.45) is 4.82. The van der Waals surface area contributed by atoms with Crippen LogP contribution >= 0.6 is 0 Å². The highest BCUT2D eigenvalue weighted by molar-refractivity contribution is 7.88. The van der Waals surface area contributed by atoms with Crippen molar-refractivity contribution in [2.75, 3.05) is 52.1 Å². The second-order valence-corrected chi connectivity index (χ2v) is 6.89. The Labute approximate surface area is 112 Å². The van der Waals surface area contributed by atoms with Crippen LogP contribution in [0.3, 0.4) is 0 Å². The fourth-order valence-electron chi connectivity index (χ4n) is 2.31. The summed E-state index contributed by atoms with van der Waals surface area (Å²) < 4.78 is 24.2. The van der Waals surface area contributed by atoms with Crippen LogP contribution in [-0.4, -0.2) is 69.7 Å². The van der Waals surface area contributed by atoms with E-state index in [0.717, 1.165) is 26.1 Å². The molecule has 1 rings (SSSR count). The monoisotopic (exact) mass is 277 g/mol. The molecule has 5 nitrogen and oxygen atoms in total. The predicted molar refractivity (Wildman–Crippen MR) is 75.3 cm³/mol. The molecule has 0 unspecified atom stereocenters. The Morgan fingerprint density at radius 2 is 1.89 bits per heavy atom. The lowest BCUT2D eigenvalue weighted by Crippen LogP contribution is -2.34. The Morgan fingerprint density at radius 1 is 1.22 bits per heavy atom. The molecule has 1 saturated heterocycles. The van der Waals surface area contributed by atoms with E-state index in [-0.39, 0.29) is 0 Å². The Kier molecular flexibility index (Phi) is 7.14. The highest BCUT2D eigenvalue weighted by atomic mass is 32.2. The van der Waals surface area contributed by atoms with Gasteiger partial charge in [-0.15, -0.1) is 0 Å². The molecule has 0 amide bonds. The van der Waals surface area contributed by atoms with E-state index in [4.69, 9.17) is 0 Å². The van der Waals surface area contributed by atoms with Gasteiger partial charge in [0, 0.05) is 26.2 Å². The summed E-state index contributed by atoms with van der Waals surface area (Å²) in [7, 11) is -3.02. The summed E-state index contributed by atoms with van der Waals surface area (Å²) >= 11 is 0. The summed E-state index contributed by atoms with van der Waals surface area (Å²) in [5.41, 5.74) is 0. The SMILES string of the molecule is CCN(CCCNCCN1CCCC1)S(C)(=O)=O. The van der Waals surface area contributed by atoms with Gasteiger partial charge in [-0.1, -0.05) is 6.92 Å². The number of rotatable bonds is 9. The predicted octanol–water partition coefficient (Wildman–Crippen LogP) is 0.343. The topological polar surface area (TPSA) is 52.6 Å². The minimum absolute atomic E-state index is 0.562. The number of nitrogens with one attached hydrogen (secondary N) is 1. The molecule has 1 N–H and O–H groups in total. The molecule has 1 aliphatic rings. The largest absolute Gasteiger partial charge is 0.315 e. The zero-order chi connectivity index (χ0) is 13.4. The van der Waals surface area contributed by atoms with Crippen molar-refractivity contribution < 1.29 is 8.42 Å². The smallest absolute Gasteiger partial charge is 0.211 e. The van der Waals surface area contributed by atoms with Crippen molar-refractivity contribution in [3.63, 3.8) is 0 Å². The minimum atomic E-state index is -3.02. The van der Waals surface area contributed by atoms with Crippen LogP contribution in [-0.2, 0) is 10.0 Å². The molecule has 0 atom stereocenters. The second kappa shape index (κ2) is 8.09. The maximum absolute atomic E-state index is 11.4. The molecule has 0 bridgehead atoms. The van der Waals surface area contributed by atoms with Crippen LogP contribution in [0.15, 0.2) is 0 Å². The lowest BCUT2D eigenvalue weighted by atomic mass is 10.4. The van der Waals surface area contributed by atoms with E-state index in [9.17, 15) is 8.42 Å². The van der Waals surface area contributed by atoms with Gasteiger partial charge in [-0.3, -0.25) is 0 Å². The van der Waals surface area contributed by atoms with Crippen LogP contribution in [0.2, 0.25) is 0 Å². The van der Waals surface area contributed by atoms with E-state index in [0.29, 0.717) is 13.1 Å². The van der Waals surface area contributed by atoms with Gasteiger partial charge in [0.25, 0.3) is 0 Å². The highest BCUT2D eigenvalue weighted by Crippen LogP contribution is 2.05. The first kappa shape index (κ1) is 15.9. The first-order valence-electron chi connectivity index (χ1n) is 6.92. The molecule has 0 aromatic rings. The first-order chi connectivity index (χ1) is 8.54. The second-order valence-electron chi connectivity index (χ2n) is 4.91. The molecule has 0 aliphatic carbocycles. The van der Waals surface area contributed by atoms with Crippen molar-refractivity contribution in [2.24, 2.45) is 0 Å². The molecule has 0 aromatic carbocycles. The Hall–Kier alpha value is -0.170. The van der Waals surface area contributed by atoms with Crippen LogP contribution in [0.1, 0.15) is 26.2 Å². The van der Waals surface area contributed by atoms with Gasteiger partial charge in [-0.25, -0.2) is 12.7 Å². The van der Waals surface area contributed by atoms with E-state index >= 15 is 0 Å². The van der Waals surface area contributed by atoms with Crippen molar-refractivity contribution >= 4 is 10.0 Å². The molecular formula is C12H27N3O2S. The molecule has 1 fully saturated rings. The Morgan fingerprint density at radius 3 is 2.44 bits per heavy atom. The van der Waals surface area contributed by atoms with Crippen LogP contribution in [0.4, 0.5) is 0 Å². The maximum atomic E-state index is 11.4. The minimum Gasteiger partial charge on any atom is -0.315 e. The van der Waals surface area contributed by atoms with Gasteiger partial charge in [0.1, 0.15) is 0 Å². The van der Waals surface area contributed by atoms with Gasteiger partial charge in [0.05, 0.1) is 6.26 Å². The van der Waals surface area contributed by atoms with Gasteiger partial charge in [0.2, 0.25) is 10.0 Å². The van der Waals surface area contributed by atoms with Crippen LogP contribution in [0.5, 0.6) is 0 Å². The standard InChI is InChI=1S/C12H27N3O2S/c1-3-15(18(2,16)17)11-6-7-13-8-12-14-9-4-5-10-14/h13H,3-12H2,1-2H3. The number of hydrogen-bond acceptors (Lipinski definition) is 4. The maximum Gasteiger partial charge on any atom is 0.211 e. The van der Waals surface area contributed by atoms with Crippen molar-refractivity contribution in [3.05, 3.63) is 0 Å². The van der Waals surface area contributed by atoms with Gasteiger partial charge >= 0.3 is 0 Å². The van der Waals surface area contributed by atoms with Gasteiger partial charge in [-0.2, -0.15) is 0 Å². The third-order valence-corrected chi connectivity index (χ3v) is 4.77. The molecule has 6 heteroatoms. The number of hydrogen-bond donors (Lipinski definition) is 1. The molecule has 0 saturated carbocycles. The zero-order valence-corrected chi connectivity index (χ0v) is 12.5. The third-order valence-electron chi connectivity index (χ3n) is 3.39. The van der Waals surface area contributed by atoms with Crippen LogP contribution < -0.4 is 5.32 Å². The van der Waals surface area contributed by atoms with E-state index < -0.39 is 10.0 Å². The van der Waals surface area contributed by atoms with Crippen LogP contribution in [0.25, 0.3) is 0 Å². The first-order valence-corrected chi connectivity index (χ1v) is 8.77. The molecule has 0 radical (unpaired) electrons. The summed E-state index contributed by atoms with van der Waals surface area (Å²) in [5, 5.41) is 3.38. The average Bonchev–Trinajstić information content (AvgIpc) is 2.79. The van der Waals surface area contributed by atoms with E-state index in [1.807, 2.05) is 6.92 Å². The molecule has 18 heavy (non-hydrogen) atoms. The van der Waals surface area contributed by atoms with Crippen molar-refractivity contribution in [3.8, 4) is 0 Å². The number of nitrogens with zero attached hydrogens (tertiary/aromatic N) is 2. The molecular weight excluding hydrogens is 250 g/mol. The van der Waals surface area contributed by atoms with Crippen molar-refractivity contribution in [1.82, 2.24) is 14.5 Å². The number of sulfonamides is 1. The third kappa shape index (κ3) is 6.13. The normalized spacial score (nSPS) is 17.7. The van der Waals surface area contributed by atoms with Gasteiger partial charge in [-0.05, 0) is 38.9 Å². The lowest BCUT2D eigenvalue weighted by molar-refractivity contribution is 0.334. The average molecular weight is 277 g/mol. The fourth-order valence-corrected chi connectivity index (χ4v) is 3.24. The molecule has 1 heterocycles. The molecule has 108 valence electrons. The summed E-state index contributed by atoms with van der Waals surface area (Å²) in [4.78, 5) is 2.47. The zero-order valence-electron chi connectivity index (χ0n) is 11.7. The fraction of sp³-hybridized carbons (Fsp3) is 1.00. The molecule has 1 aliphatic heterocycles. The Bertz CT molecular complexity index is 313. The van der Waals surface area contributed by atoms with Gasteiger partial charge < -0.3 is 10.2 Å². The van der Waals surface area contributed by atoms with Crippen molar-refractivity contribution in [1.29, 1.82) is 0 Å². The molecule has 0 spiro atoms. The van der Waals surface area contributed by atoms with E-state index in [1.165, 1.54) is 36.5 Å². The van der Waals surface area contributed by atoms with Gasteiger partial charge in [0.15, 0.2) is 0 Å². The van der Waals surface area contributed by atoms with E-state index in [2.05, 4.69) is 10.2 Å². The Balaban J connectivity index is 2.00. The summed E-state index contributed by atoms with van der Waals surface area (Å²) in [5.74, 6) is 0. The number of likely N-dealkylation sites (tertiary alicyclic amines) is 1. The molecule has 0 aromatic heterocycles. The quantitative estimate of drug-likeness (QED) is 0.618. The van der Waals surface area contributed by atoms with E-state index in [1.54, 1.807) is 0 Å².